The second-order valence-corrected chi connectivity index (χ2v) is 6.64. The SMILES string of the molecule is COc1nc(C(=O)NCC(C)(C)CC(C)O)cc2ccccc12. The Morgan fingerprint density at radius 1 is 1.39 bits per heavy atom. The normalized spacial score (nSPS) is 12.9. The summed E-state index contributed by atoms with van der Waals surface area (Å²) in [6, 6.07) is 9.41. The highest BCUT2D eigenvalue weighted by molar-refractivity contribution is 5.98. The molecule has 0 saturated carbocycles. The van der Waals surface area contributed by atoms with Gasteiger partial charge in [0.05, 0.1) is 13.2 Å². The van der Waals surface area contributed by atoms with Crippen LogP contribution in [0.3, 0.4) is 0 Å². The molecule has 23 heavy (non-hydrogen) atoms. The van der Waals surface area contributed by atoms with E-state index in [1.807, 2.05) is 38.1 Å². The quantitative estimate of drug-likeness (QED) is 0.859. The van der Waals surface area contributed by atoms with Gasteiger partial charge in [-0.15, -0.1) is 0 Å². The third kappa shape index (κ3) is 4.42. The number of methoxy groups -OCH3 is 1. The number of aliphatic hydroxyl groups excluding tert-OH is 1. The monoisotopic (exact) mass is 316 g/mol. The molecular formula is C18H24N2O3. The summed E-state index contributed by atoms with van der Waals surface area (Å²) in [6.07, 6.45) is 0.211. The number of aliphatic hydroxyl groups is 1. The Hall–Kier alpha value is -2.14. The lowest BCUT2D eigenvalue weighted by Gasteiger charge is -2.26. The van der Waals surface area contributed by atoms with Crippen LogP contribution in [0.1, 0.15) is 37.7 Å². The van der Waals surface area contributed by atoms with E-state index >= 15 is 0 Å². The topological polar surface area (TPSA) is 71.5 Å². The zero-order valence-electron chi connectivity index (χ0n) is 14.1. The van der Waals surface area contributed by atoms with Gasteiger partial charge in [-0.25, -0.2) is 4.98 Å². The van der Waals surface area contributed by atoms with Crippen molar-refractivity contribution in [2.75, 3.05) is 13.7 Å². The van der Waals surface area contributed by atoms with Crippen molar-refractivity contribution in [2.45, 2.75) is 33.3 Å². The third-order valence-corrected chi connectivity index (χ3v) is 3.71. The van der Waals surface area contributed by atoms with Crippen molar-refractivity contribution >= 4 is 16.7 Å². The van der Waals surface area contributed by atoms with Crippen molar-refractivity contribution in [3.05, 3.63) is 36.0 Å². The number of carbonyl (C=O) groups excluding carboxylic acids is 1. The maximum Gasteiger partial charge on any atom is 0.270 e. The van der Waals surface area contributed by atoms with Crippen LogP contribution in [-0.2, 0) is 0 Å². The summed E-state index contributed by atoms with van der Waals surface area (Å²) in [5.74, 6) is 0.198. The first-order valence-corrected chi connectivity index (χ1v) is 7.72. The summed E-state index contributed by atoms with van der Waals surface area (Å²) in [4.78, 5) is 16.7. The molecule has 0 bridgehead atoms. The summed E-state index contributed by atoms with van der Waals surface area (Å²) in [5, 5.41) is 14.2. The largest absolute Gasteiger partial charge is 0.481 e. The lowest BCUT2D eigenvalue weighted by molar-refractivity contribution is 0.0897. The second-order valence-electron chi connectivity index (χ2n) is 6.64. The summed E-state index contributed by atoms with van der Waals surface area (Å²) in [5.41, 5.74) is 0.137. The van der Waals surface area contributed by atoms with Crippen LogP contribution in [-0.4, -0.2) is 35.8 Å². The van der Waals surface area contributed by atoms with Crippen molar-refractivity contribution < 1.29 is 14.6 Å². The Bertz CT molecular complexity index is 696. The van der Waals surface area contributed by atoms with Crippen molar-refractivity contribution in [3.8, 4) is 5.88 Å². The van der Waals surface area contributed by atoms with Gasteiger partial charge in [-0.2, -0.15) is 0 Å². The zero-order valence-corrected chi connectivity index (χ0v) is 14.1. The Kier molecular flexibility index (Phi) is 5.21. The first kappa shape index (κ1) is 17.2. The minimum Gasteiger partial charge on any atom is -0.481 e. The van der Waals surface area contributed by atoms with Crippen molar-refractivity contribution in [2.24, 2.45) is 5.41 Å². The number of aromatic nitrogens is 1. The number of ether oxygens (including phenoxy) is 1. The number of hydrogen-bond donors (Lipinski definition) is 2. The molecule has 0 radical (unpaired) electrons. The average Bonchev–Trinajstić information content (AvgIpc) is 2.50. The highest BCUT2D eigenvalue weighted by Crippen LogP contribution is 2.25. The van der Waals surface area contributed by atoms with Crippen LogP contribution in [0, 0.1) is 5.41 Å². The maximum absolute atomic E-state index is 12.4. The van der Waals surface area contributed by atoms with Gasteiger partial charge in [0.1, 0.15) is 5.69 Å². The molecular weight excluding hydrogens is 292 g/mol. The Balaban J connectivity index is 2.18. The fraction of sp³-hybridized carbons (Fsp3) is 0.444. The predicted octanol–water partition coefficient (Wildman–Crippen LogP) is 2.77. The molecule has 1 atom stereocenters. The number of carbonyl (C=O) groups is 1. The van der Waals surface area contributed by atoms with E-state index in [0.29, 0.717) is 24.5 Å². The van der Waals surface area contributed by atoms with Gasteiger partial charge in [0.15, 0.2) is 0 Å². The number of amides is 1. The van der Waals surface area contributed by atoms with Gasteiger partial charge in [-0.05, 0) is 36.3 Å². The van der Waals surface area contributed by atoms with Gasteiger partial charge in [0.25, 0.3) is 5.91 Å². The summed E-state index contributed by atoms with van der Waals surface area (Å²) >= 11 is 0. The van der Waals surface area contributed by atoms with Gasteiger partial charge in [0, 0.05) is 11.9 Å². The molecule has 0 aliphatic carbocycles. The molecule has 1 aromatic heterocycles. The van der Waals surface area contributed by atoms with E-state index in [1.54, 1.807) is 20.1 Å². The van der Waals surface area contributed by atoms with Crippen LogP contribution >= 0.6 is 0 Å². The van der Waals surface area contributed by atoms with E-state index < -0.39 is 6.10 Å². The van der Waals surface area contributed by atoms with Crippen LogP contribution in [0.4, 0.5) is 0 Å². The van der Waals surface area contributed by atoms with Crippen molar-refractivity contribution in [3.63, 3.8) is 0 Å². The van der Waals surface area contributed by atoms with Gasteiger partial charge < -0.3 is 15.2 Å². The fourth-order valence-corrected chi connectivity index (χ4v) is 2.72. The summed E-state index contributed by atoms with van der Waals surface area (Å²) in [7, 11) is 1.54. The lowest BCUT2D eigenvalue weighted by Crippen LogP contribution is -2.36. The minimum atomic E-state index is -0.402. The lowest BCUT2D eigenvalue weighted by atomic mass is 9.87. The number of fused-ring (bicyclic) bond motifs is 1. The molecule has 2 N–H and O–H groups in total. The molecule has 2 aromatic rings. The first-order chi connectivity index (χ1) is 10.8. The summed E-state index contributed by atoms with van der Waals surface area (Å²) in [6.45, 7) is 6.23. The zero-order chi connectivity index (χ0) is 17.0. The predicted molar refractivity (Wildman–Crippen MR) is 90.7 cm³/mol. The third-order valence-electron chi connectivity index (χ3n) is 3.71. The Morgan fingerprint density at radius 2 is 2.09 bits per heavy atom. The van der Waals surface area contributed by atoms with Crippen molar-refractivity contribution in [1.82, 2.24) is 10.3 Å². The molecule has 0 aliphatic heterocycles. The van der Waals surface area contributed by atoms with Crippen LogP contribution < -0.4 is 10.1 Å². The molecule has 5 nitrogen and oxygen atoms in total. The second kappa shape index (κ2) is 6.96. The average molecular weight is 316 g/mol. The van der Waals surface area contributed by atoms with Gasteiger partial charge >= 0.3 is 0 Å². The molecule has 1 unspecified atom stereocenters. The highest BCUT2D eigenvalue weighted by atomic mass is 16.5. The van der Waals surface area contributed by atoms with E-state index in [9.17, 15) is 9.90 Å². The maximum atomic E-state index is 12.4. The van der Waals surface area contributed by atoms with E-state index in [4.69, 9.17) is 4.74 Å². The van der Waals surface area contributed by atoms with Crippen molar-refractivity contribution in [1.29, 1.82) is 0 Å². The Labute approximate surface area is 136 Å². The highest BCUT2D eigenvalue weighted by Gasteiger charge is 2.22. The van der Waals surface area contributed by atoms with E-state index in [2.05, 4.69) is 10.3 Å². The standard InChI is InChI=1S/C18H24N2O3/c1-12(21)10-18(2,3)11-19-16(22)15-9-13-7-5-6-8-14(13)17(20-15)23-4/h5-9,12,21H,10-11H2,1-4H3,(H,19,22). The van der Waals surface area contributed by atoms with Crippen LogP contribution in [0.15, 0.2) is 30.3 Å². The number of nitrogens with one attached hydrogen (secondary N) is 1. The number of rotatable bonds is 6. The fourth-order valence-electron chi connectivity index (χ4n) is 2.72. The number of benzene rings is 1. The van der Waals surface area contributed by atoms with Crippen LogP contribution in [0.2, 0.25) is 0 Å². The van der Waals surface area contributed by atoms with E-state index in [0.717, 1.165) is 10.8 Å². The minimum absolute atomic E-state index is 0.190. The summed E-state index contributed by atoms with van der Waals surface area (Å²) < 4.78 is 5.29. The Morgan fingerprint density at radius 3 is 2.74 bits per heavy atom. The smallest absolute Gasteiger partial charge is 0.270 e. The molecule has 1 amide bonds. The van der Waals surface area contributed by atoms with Gasteiger partial charge in [-0.1, -0.05) is 32.0 Å². The molecule has 2 rings (SSSR count). The molecule has 0 spiro atoms. The molecule has 0 fully saturated rings. The molecule has 1 aromatic carbocycles. The molecule has 0 saturated heterocycles. The number of hydrogen-bond acceptors (Lipinski definition) is 4. The van der Waals surface area contributed by atoms with Gasteiger partial charge in [-0.3, -0.25) is 4.79 Å². The van der Waals surface area contributed by atoms with Crippen LogP contribution in [0.25, 0.3) is 10.8 Å². The van der Waals surface area contributed by atoms with Gasteiger partial charge in [0.2, 0.25) is 5.88 Å². The molecule has 0 aliphatic rings. The number of nitrogens with zero attached hydrogens (tertiary/aromatic N) is 1. The molecule has 124 valence electrons. The van der Waals surface area contributed by atoms with E-state index in [1.165, 1.54) is 0 Å². The number of pyridine rings is 1. The molecule has 5 heteroatoms. The van der Waals surface area contributed by atoms with Crippen LogP contribution in [0.5, 0.6) is 5.88 Å². The van der Waals surface area contributed by atoms with E-state index in [-0.39, 0.29) is 11.3 Å². The first-order valence-electron chi connectivity index (χ1n) is 7.72. The molecule has 1 heterocycles.